The molecule has 9 nitrogen and oxygen atoms in total. The van der Waals surface area contributed by atoms with Gasteiger partial charge in [-0.3, -0.25) is 4.79 Å². The molecule has 12 heteroatoms. The molecule has 0 heterocycles. The Morgan fingerprint density at radius 3 is 1.67 bits per heavy atom. The van der Waals surface area contributed by atoms with E-state index in [0.29, 0.717) is 6.42 Å². The van der Waals surface area contributed by atoms with E-state index in [1.165, 1.54) is 0 Å². The molecule has 0 aromatic heterocycles. The van der Waals surface area contributed by atoms with Gasteiger partial charge in [0.15, 0.2) is 16.6 Å². The number of hydrogen-bond acceptors (Lipinski definition) is 7. The molecule has 0 aliphatic heterocycles. The Hall–Kier alpha value is -0.869. The highest BCUT2D eigenvalue weighted by molar-refractivity contribution is 6.81. The Morgan fingerprint density at radius 2 is 1.47 bits per heavy atom. The monoisotopic (exact) mass is 484 g/mol. The fourth-order valence-electron chi connectivity index (χ4n) is 2.46. The first-order valence-electron chi connectivity index (χ1n) is 9.78. The van der Waals surface area contributed by atoms with Gasteiger partial charge in [0.25, 0.3) is 0 Å². The molecule has 0 bridgehead atoms. The summed E-state index contributed by atoms with van der Waals surface area (Å²) in [6, 6.07) is 0. The van der Waals surface area contributed by atoms with Crippen LogP contribution in [0, 0.1) is 0 Å². The number of carboxylic acid groups (broad SMARTS) is 2. The third-order valence-electron chi connectivity index (χ3n) is 3.97. The molecule has 0 fully saturated rings. The summed E-state index contributed by atoms with van der Waals surface area (Å²) in [7, 11) is -5.83. The molecule has 0 aliphatic carbocycles. The number of carboxylic acids is 2. The van der Waals surface area contributed by atoms with Crippen LogP contribution in [0.3, 0.4) is 0 Å². The van der Waals surface area contributed by atoms with E-state index < -0.39 is 62.6 Å². The molecule has 0 radical (unpaired) electrons. The molecule has 0 rings (SSSR count). The number of hydrogen-bond donors (Lipinski definition) is 5. The van der Waals surface area contributed by atoms with Crippen molar-refractivity contribution in [3.8, 4) is 0 Å². The Kier molecular flexibility index (Phi) is 13.4. The van der Waals surface area contributed by atoms with E-state index >= 15 is 0 Å². The van der Waals surface area contributed by atoms with Gasteiger partial charge in [0.1, 0.15) is 6.10 Å². The zero-order valence-electron chi connectivity index (χ0n) is 19.4. The molecule has 3 unspecified atom stereocenters. The molecule has 178 valence electrons. The van der Waals surface area contributed by atoms with Gasteiger partial charge in [-0.2, -0.15) is 0 Å². The number of aliphatic hydroxyl groups is 3. The minimum Gasteiger partial charge on any atom is -0.481 e. The van der Waals surface area contributed by atoms with Crippen molar-refractivity contribution >= 4 is 37.9 Å². The van der Waals surface area contributed by atoms with Crippen molar-refractivity contribution in [3.05, 3.63) is 12.2 Å². The van der Waals surface area contributed by atoms with Crippen LogP contribution in [0.1, 0.15) is 26.7 Å². The lowest BCUT2D eigenvalue weighted by atomic mass is 9.93. The van der Waals surface area contributed by atoms with Gasteiger partial charge in [0, 0.05) is 11.1 Å². The van der Waals surface area contributed by atoms with Crippen LogP contribution in [-0.4, -0.2) is 81.7 Å². The van der Waals surface area contributed by atoms with Crippen molar-refractivity contribution in [3.63, 3.8) is 0 Å². The van der Waals surface area contributed by atoms with Crippen molar-refractivity contribution < 1.29 is 43.4 Å². The van der Waals surface area contributed by atoms with Crippen LogP contribution < -0.4 is 0 Å². The molecule has 30 heavy (non-hydrogen) atoms. The quantitative estimate of drug-likeness (QED) is 0.206. The van der Waals surface area contributed by atoms with Crippen LogP contribution in [-0.2, 0) is 17.8 Å². The standard InChI is InChI=1S/C13H34O5Si3.C5H6O4/c1-9-12(13(2,16)11(15)10-14)19(17-20(3,4)5)18-21(6,7)8;1-3(5(8)9)2-4(6)7/h11-12,14-16,19H,9-10H2,1-8H3;1-2H2,(H,6,7)(H,8,9). The molecule has 0 saturated carbocycles. The maximum absolute atomic E-state index is 10.7. The number of aliphatic hydroxyl groups excluding tert-OH is 2. The Morgan fingerprint density at radius 1 is 1.07 bits per heavy atom. The minimum atomic E-state index is -2.19. The van der Waals surface area contributed by atoms with Crippen molar-refractivity contribution in [2.24, 2.45) is 0 Å². The molecular formula is C18H40O9Si3. The Balaban J connectivity index is 0. The third kappa shape index (κ3) is 13.4. The first-order chi connectivity index (χ1) is 13.3. The maximum Gasteiger partial charge on any atom is 0.331 e. The SMILES string of the molecule is C=C(CC(=O)O)C(=O)O.CCC([SiH](O[Si](C)(C)C)O[Si](C)(C)C)C(C)(O)C(O)CO. The fourth-order valence-corrected chi connectivity index (χ4v) is 11.1. The smallest absolute Gasteiger partial charge is 0.331 e. The van der Waals surface area contributed by atoms with Gasteiger partial charge >= 0.3 is 21.2 Å². The fraction of sp³-hybridized carbons (Fsp3) is 0.778. The Bertz CT molecular complexity index is 552. The molecule has 0 amide bonds. The summed E-state index contributed by atoms with van der Waals surface area (Å²) < 4.78 is 12.6. The van der Waals surface area contributed by atoms with Crippen LogP contribution in [0.2, 0.25) is 44.8 Å². The lowest BCUT2D eigenvalue weighted by Gasteiger charge is -2.42. The van der Waals surface area contributed by atoms with Gasteiger partial charge in [-0.1, -0.05) is 13.5 Å². The number of carbonyl (C=O) groups is 2. The highest BCUT2D eigenvalue weighted by Crippen LogP contribution is 2.35. The van der Waals surface area contributed by atoms with Crippen LogP contribution in [0.25, 0.3) is 0 Å². The highest BCUT2D eigenvalue weighted by atomic mass is 28.4. The van der Waals surface area contributed by atoms with E-state index in [1.54, 1.807) is 6.92 Å². The second-order valence-electron chi connectivity index (χ2n) is 9.25. The van der Waals surface area contributed by atoms with E-state index in [9.17, 15) is 24.9 Å². The number of rotatable bonds is 12. The summed E-state index contributed by atoms with van der Waals surface area (Å²) in [4.78, 5) is 19.7. The first kappa shape index (κ1) is 31.3. The third-order valence-corrected chi connectivity index (χ3v) is 13.3. The predicted molar refractivity (Wildman–Crippen MR) is 123 cm³/mol. The topological polar surface area (TPSA) is 154 Å². The van der Waals surface area contributed by atoms with E-state index in [0.717, 1.165) is 0 Å². The molecule has 0 aliphatic rings. The zero-order valence-corrected chi connectivity index (χ0v) is 22.6. The van der Waals surface area contributed by atoms with Gasteiger partial charge in [-0.25, -0.2) is 4.79 Å². The van der Waals surface area contributed by atoms with Crippen molar-refractivity contribution in [2.75, 3.05) is 6.61 Å². The summed E-state index contributed by atoms with van der Waals surface area (Å²) in [6.45, 7) is 18.7. The van der Waals surface area contributed by atoms with Crippen molar-refractivity contribution in [1.29, 1.82) is 0 Å². The van der Waals surface area contributed by atoms with Crippen LogP contribution >= 0.6 is 0 Å². The largest absolute Gasteiger partial charge is 0.481 e. The summed E-state index contributed by atoms with van der Waals surface area (Å²) in [6.07, 6.45) is -1.04. The average Bonchev–Trinajstić information content (AvgIpc) is 2.51. The highest BCUT2D eigenvalue weighted by Gasteiger charge is 2.46. The zero-order chi connectivity index (χ0) is 24.5. The second kappa shape index (κ2) is 12.9. The molecular weight excluding hydrogens is 444 g/mol. The van der Waals surface area contributed by atoms with Gasteiger partial charge in [0.05, 0.1) is 18.6 Å². The summed E-state index contributed by atoms with van der Waals surface area (Å²) >= 11 is 0. The van der Waals surface area contributed by atoms with E-state index in [4.69, 9.17) is 18.4 Å². The lowest BCUT2D eigenvalue weighted by Crippen LogP contribution is -2.55. The van der Waals surface area contributed by atoms with Gasteiger partial charge in [0.2, 0.25) is 0 Å². The van der Waals surface area contributed by atoms with E-state index in [2.05, 4.69) is 45.9 Å². The van der Waals surface area contributed by atoms with E-state index in [-0.39, 0.29) is 11.1 Å². The van der Waals surface area contributed by atoms with Crippen LogP contribution in [0.4, 0.5) is 0 Å². The summed E-state index contributed by atoms with van der Waals surface area (Å²) in [5.74, 6) is -2.44. The molecule has 0 spiro atoms. The molecule has 0 aromatic rings. The lowest BCUT2D eigenvalue weighted by molar-refractivity contribution is -0.139. The minimum absolute atomic E-state index is 0.266. The normalized spacial score (nSPS) is 16.1. The summed E-state index contributed by atoms with van der Waals surface area (Å²) in [5, 5.41) is 45.9. The van der Waals surface area contributed by atoms with Crippen LogP contribution in [0.15, 0.2) is 12.2 Å². The first-order valence-corrected chi connectivity index (χ1v) is 18.2. The molecule has 3 atom stereocenters. The van der Waals surface area contributed by atoms with Crippen molar-refractivity contribution in [2.45, 2.75) is 83.2 Å². The van der Waals surface area contributed by atoms with Gasteiger partial charge < -0.3 is 33.8 Å². The van der Waals surface area contributed by atoms with Gasteiger partial charge in [-0.05, 0) is 52.6 Å². The number of aliphatic carboxylic acids is 2. The van der Waals surface area contributed by atoms with E-state index in [1.807, 2.05) is 6.92 Å². The molecule has 5 N–H and O–H groups in total. The Labute approximate surface area is 183 Å². The predicted octanol–water partition coefficient (Wildman–Crippen LogP) is 1.90. The van der Waals surface area contributed by atoms with Crippen LogP contribution in [0.5, 0.6) is 0 Å². The molecule has 0 saturated heterocycles. The maximum atomic E-state index is 10.7. The molecule has 0 aromatic carbocycles. The second-order valence-corrected chi connectivity index (χ2v) is 21.1. The van der Waals surface area contributed by atoms with Crippen molar-refractivity contribution in [1.82, 2.24) is 0 Å². The average molecular weight is 485 g/mol. The van der Waals surface area contributed by atoms with Gasteiger partial charge in [-0.15, -0.1) is 0 Å². The summed E-state index contributed by atoms with van der Waals surface area (Å²) in [5.41, 5.74) is -1.97.